The molecule has 0 bridgehead atoms. The molecule has 1 aromatic heterocycles. The first-order chi connectivity index (χ1) is 14.8. The average molecular weight is 446 g/mol. The van der Waals surface area contributed by atoms with Gasteiger partial charge in [-0.05, 0) is 57.6 Å². The summed E-state index contributed by atoms with van der Waals surface area (Å²) in [5.74, 6) is 1.16. The fraction of sp³-hybridized carbons (Fsp3) is 0.625. The van der Waals surface area contributed by atoms with E-state index in [0.717, 1.165) is 25.9 Å². The highest BCUT2D eigenvalue weighted by Crippen LogP contribution is 2.27. The van der Waals surface area contributed by atoms with E-state index in [4.69, 9.17) is 9.72 Å². The molecule has 1 aromatic carbocycles. The maximum absolute atomic E-state index is 13.2. The summed E-state index contributed by atoms with van der Waals surface area (Å²) in [6.45, 7) is 13.0. The largest absolute Gasteiger partial charge is 0.379 e. The highest BCUT2D eigenvalue weighted by molar-refractivity contribution is 8.00. The summed E-state index contributed by atoms with van der Waals surface area (Å²) in [7, 11) is 0. The standard InChI is InChI=1S/C24H35N3O3S/c1-16(2)30-12-8-11-27-23(29)20-9-6-7-10-21(20)25-24(27)31-19(5)22(28)26-14-17(3)13-18(4)15-26/h6-7,9-10,16-19H,8,11-15H2,1-5H3. The van der Waals surface area contributed by atoms with Gasteiger partial charge >= 0.3 is 0 Å². The normalized spacial score (nSPS) is 20.4. The van der Waals surface area contributed by atoms with Crippen LogP contribution in [-0.4, -0.2) is 51.4 Å². The number of rotatable bonds is 8. The number of amides is 1. The Balaban J connectivity index is 1.82. The van der Waals surface area contributed by atoms with Crippen molar-refractivity contribution in [2.75, 3.05) is 19.7 Å². The monoisotopic (exact) mass is 445 g/mol. The molecule has 1 aliphatic rings. The van der Waals surface area contributed by atoms with Crippen LogP contribution in [0, 0.1) is 11.8 Å². The second-order valence-electron chi connectivity index (χ2n) is 9.09. The van der Waals surface area contributed by atoms with Gasteiger partial charge < -0.3 is 9.64 Å². The van der Waals surface area contributed by atoms with Crippen LogP contribution in [-0.2, 0) is 16.1 Å². The number of carbonyl (C=O) groups is 1. The lowest BCUT2D eigenvalue weighted by molar-refractivity contribution is -0.132. The first-order valence-corrected chi connectivity index (χ1v) is 12.2. The Bertz CT molecular complexity index is 949. The quantitative estimate of drug-likeness (QED) is 0.346. The van der Waals surface area contributed by atoms with E-state index in [9.17, 15) is 9.59 Å². The molecule has 0 spiro atoms. The summed E-state index contributed by atoms with van der Waals surface area (Å²) in [5.41, 5.74) is 0.613. The number of benzene rings is 1. The van der Waals surface area contributed by atoms with Crippen LogP contribution >= 0.6 is 11.8 Å². The third kappa shape index (κ3) is 6.10. The maximum Gasteiger partial charge on any atom is 0.262 e. The molecule has 1 saturated heterocycles. The predicted octanol–water partition coefficient (Wildman–Crippen LogP) is 4.20. The van der Waals surface area contributed by atoms with Crippen LogP contribution < -0.4 is 5.56 Å². The van der Waals surface area contributed by atoms with Crippen LogP contribution in [0.1, 0.15) is 47.5 Å². The van der Waals surface area contributed by atoms with Gasteiger partial charge in [0.2, 0.25) is 5.91 Å². The van der Waals surface area contributed by atoms with Crippen LogP contribution in [0.15, 0.2) is 34.2 Å². The number of likely N-dealkylation sites (tertiary alicyclic amines) is 1. The van der Waals surface area contributed by atoms with E-state index in [0.29, 0.717) is 41.0 Å². The van der Waals surface area contributed by atoms with Crippen LogP contribution in [0.25, 0.3) is 10.9 Å². The Morgan fingerprint density at radius 2 is 1.87 bits per heavy atom. The molecule has 0 radical (unpaired) electrons. The molecule has 7 heteroatoms. The van der Waals surface area contributed by atoms with Crippen molar-refractivity contribution >= 4 is 28.6 Å². The topological polar surface area (TPSA) is 64.4 Å². The summed E-state index contributed by atoms with van der Waals surface area (Å²) in [6, 6.07) is 7.41. The smallest absolute Gasteiger partial charge is 0.262 e. The summed E-state index contributed by atoms with van der Waals surface area (Å²) in [6.07, 6.45) is 2.04. The lowest BCUT2D eigenvalue weighted by Gasteiger charge is -2.36. The zero-order chi connectivity index (χ0) is 22.5. The van der Waals surface area contributed by atoms with Crippen molar-refractivity contribution in [2.24, 2.45) is 11.8 Å². The summed E-state index contributed by atoms with van der Waals surface area (Å²) < 4.78 is 7.36. The molecule has 0 aliphatic carbocycles. The number of hydrogen-bond donors (Lipinski definition) is 0. The first-order valence-electron chi connectivity index (χ1n) is 11.3. The summed E-state index contributed by atoms with van der Waals surface area (Å²) in [4.78, 5) is 33.1. The molecule has 31 heavy (non-hydrogen) atoms. The molecular weight excluding hydrogens is 410 g/mol. The summed E-state index contributed by atoms with van der Waals surface area (Å²) in [5, 5.41) is 0.908. The highest BCUT2D eigenvalue weighted by Gasteiger charge is 2.29. The van der Waals surface area contributed by atoms with Crippen LogP contribution in [0.3, 0.4) is 0 Å². The zero-order valence-electron chi connectivity index (χ0n) is 19.3. The van der Waals surface area contributed by atoms with Gasteiger partial charge in [-0.1, -0.05) is 37.7 Å². The third-order valence-electron chi connectivity index (χ3n) is 5.61. The molecule has 1 amide bonds. The van der Waals surface area contributed by atoms with Crippen molar-refractivity contribution in [3.63, 3.8) is 0 Å². The third-order valence-corrected chi connectivity index (χ3v) is 6.69. The predicted molar refractivity (Wildman–Crippen MR) is 127 cm³/mol. The number of hydrogen-bond acceptors (Lipinski definition) is 5. The van der Waals surface area contributed by atoms with Gasteiger partial charge in [-0.3, -0.25) is 14.2 Å². The molecule has 0 saturated carbocycles. The van der Waals surface area contributed by atoms with E-state index in [1.54, 1.807) is 4.57 Å². The Kier molecular flexibility index (Phi) is 8.17. The molecule has 6 nitrogen and oxygen atoms in total. The average Bonchev–Trinajstić information content (AvgIpc) is 2.71. The number of ether oxygens (including phenoxy) is 1. The van der Waals surface area contributed by atoms with Crippen molar-refractivity contribution in [2.45, 2.75) is 70.5 Å². The fourth-order valence-electron chi connectivity index (χ4n) is 4.29. The fourth-order valence-corrected chi connectivity index (χ4v) is 5.30. The van der Waals surface area contributed by atoms with Crippen LogP contribution in [0.4, 0.5) is 0 Å². The molecule has 2 aromatic rings. The Morgan fingerprint density at radius 1 is 1.19 bits per heavy atom. The Morgan fingerprint density at radius 3 is 2.55 bits per heavy atom. The molecule has 3 unspecified atom stereocenters. The first kappa shape index (κ1) is 23.8. The van der Waals surface area contributed by atoms with Gasteiger partial charge in [-0.25, -0.2) is 4.98 Å². The van der Waals surface area contributed by atoms with Crippen molar-refractivity contribution in [1.82, 2.24) is 14.5 Å². The molecule has 1 aliphatic heterocycles. The van der Waals surface area contributed by atoms with E-state index in [-0.39, 0.29) is 22.8 Å². The van der Waals surface area contributed by atoms with E-state index in [2.05, 4.69) is 13.8 Å². The van der Waals surface area contributed by atoms with E-state index < -0.39 is 0 Å². The maximum atomic E-state index is 13.2. The van der Waals surface area contributed by atoms with Crippen LogP contribution in [0.5, 0.6) is 0 Å². The minimum absolute atomic E-state index is 0.0579. The number of para-hydroxylation sites is 1. The van der Waals surface area contributed by atoms with Crippen LogP contribution in [0.2, 0.25) is 0 Å². The van der Waals surface area contributed by atoms with Gasteiger partial charge in [0.05, 0.1) is 22.3 Å². The second-order valence-corrected chi connectivity index (χ2v) is 10.4. The number of carbonyl (C=O) groups excluding carboxylic acids is 1. The van der Waals surface area contributed by atoms with Crippen molar-refractivity contribution < 1.29 is 9.53 Å². The van der Waals surface area contributed by atoms with E-state index in [1.807, 2.05) is 49.9 Å². The van der Waals surface area contributed by atoms with Crippen molar-refractivity contribution in [3.05, 3.63) is 34.6 Å². The number of thioether (sulfide) groups is 1. The Hall–Kier alpha value is -1.86. The molecule has 3 atom stereocenters. The minimum atomic E-state index is -0.302. The minimum Gasteiger partial charge on any atom is -0.379 e. The van der Waals surface area contributed by atoms with Gasteiger partial charge in [0.1, 0.15) is 0 Å². The van der Waals surface area contributed by atoms with Gasteiger partial charge in [-0.2, -0.15) is 0 Å². The van der Waals surface area contributed by atoms with E-state index >= 15 is 0 Å². The van der Waals surface area contributed by atoms with Gasteiger partial charge in [-0.15, -0.1) is 0 Å². The molecule has 3 rings (SSSR count). The molecule has 1 fully saturated rings. The number of nitrogens with zero attached hydrogens (tertiary/aromatic N) is 3. The second kappa shape index (κ2) is 10.6. The molecular formula is C24H35N3O3S. The Labute approximate surface area is 189 Å². The summed E-state index contributed by atoms with van der Waals surface area (Å²) >= 11 is 1.39. The van der Waals surface area contributed by atoms with Crippen molar-refractivity contribution in [3.8, 4) is 0 Å². The zero-order valence-corrected chi connectivity index (χ0v) is 20.2. The number of fused-ring (bicyclic) bond motifs is 1. The number of piperidine rings is 1. The lowest BCUT2D eigenvalue weighted by Crippen LogP contribution is -2.45. The lowest BCUT2D eigenvalue weighted by atomic mass is 9.92. The van der Waals surface area contributed by atoms with Gasteiger partial charge in [0, 0.05) is 26.2 Å². The molecule has 0 N–H and O–H groups in total. The highest BCUT2D eigenvalue weighted by atomic mass is 32.2. The SMILES string of the molecule is CC1CC(C)CN(C(=O)C(C)Sc2nc3ccccc3c(=O)n2CCCOC(C)C)C1. The number of aromatic nitrogens is 2. The van der Waals surface area contributed by atoms with Crippen molar-refractivity contribution in [1.29, 1.82) is 0 Å². The van der Waals surface area contributed by atoms with Gasteiger partial charge in [0.15, 0.2) is 5.16 Å². The van der Waals surface area contributed by atoms with Gasteiger partial charge in [0.25, 0.3) is 5.56 Å². The van der Waals surface area contributed by atoms with E-state index in [1.165, 1.54) is 11.8 Å². The molecule has 170 valence electrons. The molecule has 2 heterocycles.